The van der Waals surface area contributed by atoms with Crippen molar-refractivity contribution in [1.82, 2.24) is 0 Å². The van der Waals surface area contributed by atoms with Gasteiger partial charge in [-0.1, -0.05) is 52.0 Å². The Labute approximate surface area is 109 Å². The third kappa shape index (κ3) is 2.69. The van der Waals surface area contributed by atoms with Gasteiger partial charge in [-0.2, -0.15) is 0 Å². The van der Waals surface area contributed by atoms with E-state index in [1.165, 1.54) is 0 Å². The van der Waals surface area contributed by atoms with Crippen molar-refractivity contribution in [2.24, 2.45) is 11.3 Å². The Hall–Kier alpha value is -1.44. The molecule has 0 aliphatic carbocycles. The van der Waals surface area contributed by atoms with Crippen LogP contribution in [0.15, 0.2) is 24.3 Å². The maximum absolute atomic E-state index is 6.04. The van der Waals surface area contributed by atoms with Gasteiger partial charge in [-0.15, -0.1) is 0 Å². The molecule has 0 saturated heterocycles. The summed E-state index contributed by atoms with van der Waals surface area (Å²) in [4.78, 5) is 0. The molecule has 0 saturated carbocycles. The van der Waals surface area contributed by atoms with Gasteiger partial charge in [0.05, 0.1) is 19.1 Å². The summed E-state index contributed by atoms with van der Waals surface area (Å²) in [6.45, 7) is 9.42. The van der Waals surface area contributed by atoms with E-state index in [1.807, 2.05) is 36.8 Å². The van der Waals surface area contributed by atoms with E-state index in [1.54, 1.807) is 0 Å². The van der Waals surface area contributed by atoms with Gasteiger partial charge in [-0.05, 0) is 5.92 Å². The summed E-state index contributed by atoms with van der Waals surface area (Å²) in [5.74, 6) is 0.449. The molecule has 0 aromatic heterocycles. The van der Waals surface area contributed by atoms with Gasteiger partial charge in [0, 0.05) is 15.9 Å². The van der Waals surface area contributed by atoms with Crippen molar-refractivity contribution in [2.45, 2.75) is 33.8 Å². The molecule has 98 valence electrons. The van der Waals surface area contributed by atoms with Crippen LogP contribution in [0.4, 0.5) is 0 Å². The zero-order chi connectivity index (χ0) is 13.2. The number of ether oxygens (including phenoxy) is 2. The first kappa shape index (κ1) is 13.0. The summed E-state index contributed by atoms with van der Waals surface area (Å²) in [5, 5.41) is 2.14. The zero-order valence-electron chi connectivity index (χ0n) is 11.6. The van der Waals surface area contributed by atoms with E-state index in [9.17, 15) is 0 Å². The second kappa shape index (κ2) is 5.05. The van der Waals surface area contributed by atoms with Crippen molar-refractivity contribution >= 4 is 12.5 Å². The highest BCUT2D eigenvalue weighted by atomic mass is 16.5. The lowest BCUT2D eigenvalue weighted by Gasteiger charge is -2.35. The van der Waals surface area contributed by atoms with Crippen LogP contribution in [0.3, 0.4) is 0 Å². The van der Waals surface area contributed by atoms with Crippen LogP contribution in [0.5, 0.6) is 0 Å². The number of hydrogen-bond acceptors (Lipinski definition) is 2. The summed E-state index contributed by atoms with van der Waals surface area (Å²) in [6, 6.07) is 8.11. The standard InChI is InChI=1S/C16H22O2/c1-12(2)15-16(3,4)11-17-9-13-7-5-6-8-14(13)10-18-15/h5-10,12,15H,11H2,1-4H3/b13-9-,14-10-. The van der Waals surface area contributed by atoms with Gasteiger partial charge in [0.25, 0.3) is 0 Å². The first-order valence-electron chi connectivity index (χ1n) is 6.53. The fourth-order valence-corrected chi connectivity index (χ4v) is 2.54. The van der Waals surface area contributed by atoms with Crippen LogP contribution in [0, 0.1) is 11.3 Å². The molecule has 0 fully saturated rings. The first-order valence-corrected chi connectivity index (χ1v) is 6.53. The Morgan fingerprint density at radius 1 is 1.11 bits per heavy atom. The molecular formula is C16H22O2. The lowest BCUT2D eigenvalue weighted by Crippen LogP contribution is -2.38. The Balaban J connectivity index is 2.45. The predicted octanol–water partition coefficient (Wildman–Crippen LogP) is 2.26. The molecule has 2 heteroatoms. The maximum Gasteiger partial charge on any atom is 0.108 e. The molecule has 18 heavy (non-hydrogen) atoms. The Morgan fingerprint density at radius 2 is 1.72 bits per heavy atom. The first-order chi connectivity index (χ1) is 8.50. The average Bonchev–Trinajstić information content (AvgIpc) is 2.35. The predicted molar refractivity (Wildman–Crippen MR) is 74.1 cm³/mol. The lowest BCUT2D eigenvalue weighted by atomic mass is 9.81. The minimum absolute atomic E-state index is 0.0107. The van der Waals surface area contributed by atoms with Gasteiger partial charge in [0.1, 0.15) is 6.10 Å². The molecule has 1 aromatic carbocycles. The van der Waals surface area contributed by atoms with Crippen molar-refractivity contribution in [3.05, 3.63) is 34.7 Å². The highest BCUT2D eigenvalue weighted by molar-refractivity contribution is 5.25. The topological polar surface area (TPSA) is 18.5 Å². The van der Waals surface area contributed by atoms with E-state index in [-0.39, 0.29) is 11.5 Å². The Kier molecular flexibility index (Phi) is 3.65. The van der Waals surface area contributed by atoms with Crippen LogP contribution in [0.2, 0.25) is 0 Å². The molecule has 2 nitrogen and oxygen atoms in total. The molecular weight excluding hydrogens is 224 g/mol. The summed E-state index contributed by atoms with van der Waals surface area (Å²) in [6.07, 6.45) is 3.85. The molecule has 1 unspecified atom stereocenters. The zero-order valence-corrected chi connectivity index (χ0v) is 11.6. The van der Waals surface area contributed by atoms with Gasteiger partial charge < -0.3 is 9.47 Å². The van der Waals surface area contributed by atoms with Crippen molar-refractivity contribution < 1.29 is 9.47 Å². The number of rotatable bonds is 1. The molecule has 2 rings (SSSR count). The van der Waals surface area contributed by atoms with Crippen LogP contribution >= 0.6 is 0 Å². The highest BCUT2D eigenvalue weighted by Gasteiger charge is 2.34. The third-order valence-corrected chi connectivity index (χ3v) is 3.38. The molecule has 0 radical (unpaired) electrons. The fourth-order valence-electron chi connectivity index (χ4n) is 2.54. The van der Waals surface area contributed by atoms with Crippen LogP contribution in [-0.2, 0) is 9.47 Å². The second-order valence-corrected chi connectivity index (χ2v) is 5.96. The van der Waals surface area contributed by atoms with Crippen LogP contribution in [0.1, 0.15) is 27.7 Å². The van der Waals surface area contributed by atoms with E-state index >= 15 is 0 Å². The minimum atomic E-state index is -0.0107. The molecule has 1 aromatic rings. The monoisotopic (exact) mass is 246 g/mol. The third-order valence-electron chi connectivity index (χ3n) is 3.38. The van der Waals surface area contributed by atoms with Crippen molar-refractivity contribution in [3.8, 4) is 0 Å². The van der Waals surface area contributed by atoms with Gasteiger partial charge in [0.15, 0.2) is 0 Å². The van der Waals surface area contributed by atoms with Gasteiger partial charge in [0.2, 0.25) is 0 Å². The molecule has 0 bridgehead atoms. The molecule has 0 N–H and O–H groups in total. The molecule has 1 aliphatic rings. The van der Waals surface area contributed by atoms with Crippen LogP contribution < -0.4 is 10.4 Å². The van der Waals surface area contributed by atoms with Crippen LogP contribution in [0.25, 0.3) is 12.5 Å². The molecule has 1 aliphatic heterocycles. The van der Waals surface area contributed by atoms with Crippen molar-refractivity contribution in [2.75, 3.05) is 6.61 Å². The van der Waals surface area contributed by atoms with Crippen molar-refractivity contribution in [3.63, 3.8) is 0 Å². The largest absolute Gasteiger partial charge is 0.500 e. The molecule has 0 amide bonds. The quantitative estimate of drug-likeness (QED) is 0.757. The number of hydrogen-bond donors (Lipinski definition) is 0. The number of benzene rings is 1. The fraction of sp³-hybridized carbons (Fsp3) is 0.500. The summed E-state index contributed by atoms with van der Waals surface area (Å²) < 4.78 is 11.8. The second-order valence-electron chi connectivity index (χ2n) is 5.96. The summed E-state index contributed by atoms with van der Waals surface area (Å²) in [5.41, 5.74) is -0.0107. The van der Waals surface area contributed by atoms with Gasteiger partial charge >= 0.3 is 0 Å². The average molecular weight is 246 g/mol. The van der Waals surface area contributed by atoms with Gasteiger partial charge in [-0.3, -0.25) is 0 Å². The molecule has 1 atom stereocenters. The van der Waals surface area contributed by atoms with E-state index in [0.717, 1.165) is 10.4 Å². The molecule has 1 heterocycles. The lowest BCUT2D eigenvalue weighted by molar-refractivity contribution is -0.0120. The Morgan fingerprint density at radius 3 is 2.33 bits per heavy atom. The molecule has 0 spiro atoms. The SMILES string of the molecule is CC(C)C1O/C=c2/cccc/c2=C/OCC1(C)C. The highest BCUT2D eigenvalue weighted by Crippen LogP contribution is 2.29. The Bertz CT molecular complexity index is 514. The minimum Gasteiger partial charge on any atom is -0.500 e. The normalized spacial score (nSPS) is 25.9. The smallest absolute Gasteiger partial charge is 0.108 e. The van der Waals surface area contributed by atoms with E-state index in [0.29, 0.717) is 12.5 Å². The number of fused-ring (bicyclic) bond motifs is 1. The van der Waals surface area contributed by atoms with E-state index < -0.39 is 0 Å². The van der Waals surface area contributed by atoms with E-state index in [2.05, 4.69) is 27.7 Å². The van der Waals surface area contributed by atoms with Gasteiger partial charge in [-0.25, -0.2) is 0 Å². The summed E-state index contributed by atoms with van der Waals surface area (Å²) >= 11 is 0. The van der Waals surface area contributed by atoms with Crippen molar-refractivity contribution in [1.29, 1.82) is 0 Å². The maximum atomic E-state index is 6.04. The van der Waals surface area contributed by atoms with Crippen LogP contribution in [-0.4, -0.2) is 12.7 Å². The van der Waals surface area contributed by atoms with E-state index in [4.69, 9.17) is 9.47 Å². The summed E-state index contributed by atoms with van der Waals surface area (Å²) in [7, 11) is 0.